The number of benzene rings is 2. The molecule has 0 spiro atoms. The Morgan fingerprint density at radius 3 is 2.93 bits per heavy atom. The molecule has 2 bridgehead atoms. The number of hydrogen-bond acceptors (Lipinski definition) is 3. The highest BCUT2D eigenvalue weighted by Crippen LogP contribution is 2.53. The first-order valence-corrected chi connectivity index (χ1v) is 10.8. The van der Waals surface area contributed by atoms with Crippen LogP contribution in [0.2, 0.25) is 0 Å². The number of fused-ring (bicyclic) bond motifs is 1. The molecule has 3 heteroatoms. The van der Waals surface area contributed by atoms with E-state index in [2.05, 4.69) is 53.8 Å². The highest BCUT2D eigenvalue weighted by atomic mass is 16.5. The Balaban J connectivity index is 1.33. The van der Waals surface area contributed by atoms with Gasteiger partial charge in [0.05, 0.1) is 6.61 Å². The molecule has 3 atom stereocenters. The van der Waals surface area contributed by atoms with Gasteiger partial charge in [0.25, 0.3) is 0 Å². The molecule has 2 fully saturated rings. The topological polar surface area (TPSA) is 38.3 Å². The van der Waals surface area contributed by atoms with Gasteiger partial charge in [-0.15, -0.1) is 0 Å². The van der Waals surface area contributed by atoms with Crippen molar-refractivity contribution in [2.75, 3.05) is 13.2 Å². The molecule has 0 amide bonds. The second-order valence-electron chi connectivity index (χ2n) is 8.79. The van der Waals surface area contributed by atoms with Crippen molar-refractivity contribution in [3.8, 4) is 5.75 Å². The minimum Gasteiger partial charge on any atom is -0.494 e. The normalized spacial score (nSPS) is 28.4. The lowest BCUT2D eigenvalue weighted by Crippen LogP contribution is -2.60. The van der Waals surface area contributed by atoms with Gasteiger partial charge in [0.15, 0.2) is 0 Å². The highest BCUT2D eigenvalue weighted by molar-refractivity contribution is 5.81. The fourth-order valence-corrected chi connectivity index (χ4v) is 5.93. The van der Waals surface area contributed by atoms with Crippen molar-refractivity contribution in [3.63, 3.8) is 0 Å². The fraction of sp³-hybridized carbons (Fsp3) is 0.480. The Kier molecular flexibility index (Phi) is 4.72. The van der Waals surface area contributed by atoms with E-state index in [-0.39, 0.29) is 5.41 Å². The zero-order chi connectivity index (χ0) is 19.0. The van der Waals surface area contributed by atoms with Gasteiger partial charge in [-0.25, -0.2) is 0 Å². The third-order valence-electron chi connectivity index (χ3n) is 7.20. The van der Waals surface area contributed by atoms with Crippen molar-refractivity contribution in [2.45, 2.75) is 56.4 Å². The van der Waals surface area contributed by atoms with Crippen LogP contribution in [0.5, 0.6) is 5.75 Å². The standard InChI is InChI=1S/C25H29NO2/c27-20-9-11-22-24-15-19-8-10-21(16-23(19)25(22,17-20)12-13-26-24)28-14-4-7-18-5-2-1-3-6-18/h1-3,5-6,8,10,16,22,24,26H,4,7,9,11-15,17H2/t22-,24+,25-/m0/s1. The van der Waals surface area contributed by atoms with Crippen molar-refractivity contribution >= 4 is 5.78 Å². The predicted octanol–water partition coefficient (Wildman–Crippen LogP) is 4.22. The number of Topliss-reactive ketones (excluding diaryl/α,β-unsaturated/α-hetero) is 1. The molecule has 1 saturated heterocycles. The van der Waals surface area contributed by atoms with Crippen LogP contribution in [0.1, 0.15) is 48.8 Å². The molecule has 3 aliphatic rings. The number of hydrogen-bond donors (Lipinski definition) is 1. The lowest BCUT2D eigenvalue weighted by molar-refractivity contribution is -0.125. The van der Waals surface area contributed by atoms with Crippen LogP contribution in [0.4, 0.5) is 0 Å². The third-order valence-corrected chi connectivity index (χ3v) is 7.20. The molecule has 2 aromatic carbocycles. The van der Waals surface area contributed by atoms with E-state index in [1.807, 2.05) is 0 Å². The number of ketones is 1. The summed E-state index contributed by atoms with van der Waals surface area (Å²) in [6, 6.07) is 17.8. The van der Waals surface area contributed by atoms with Gasteiger partial charge >= 0.3 is 0 Å². The van der Waals surface area contributed by atoms with Crippen molar-refractivity contribution in [1.29, 1.82) is 0 Å². The molecule has 0 unspecified atom stereocenters. The smallest absolute Gasteiger partial charge is 0.133 e. The van der Waals surface area contributed by atoms with E-state index < -0.39 is 0 Å². The summed E-state index contributed by atoms with van der Waals surface area (Å²) in [6.45, 7) is 1.75. The summed E-state index contributed by atoms with van der Waals surface area (Å²) < 4.78 is 6.13. The number of nitrogens with one attached hydrogen (secondary N) is 1. The Morgan fingerprint density at radius 1 is 1.14 bits per heavy atom. The molecule has 28 heavy (non-hydrogen) atoms. The number of carbonyl (C=O) groups is 1. The van der Waals surface area contributed by atoms with Crippen molar-refractivity contribution in [2.24, 2.45) is 5.92 Å². The summed E-state index contributed by atoms with van der Waals surface area (Å²) in [4.78, 5) is 12.4. The van der Waals surface area contributed by atoms with Crippen LogP contribution in [0.3, 0.4) is 0 Å². The summed E-state index contributed by atoms with van der Waals surface area (Å²) >= 11 is 0. The molecule has 0 aromatic heterocycles. The summed E-state index contributed by atoms with van der Waals surface area (Å²) in [5, 5.41) is 3.73. The Bertz CT molecular complexity index is 862. The van der Waals surface area contributed by atoms with E-state index in [0.29, 0.717) is 17.7 Å². The monoisotopic (exact) mass is 375 g/mol. The van der Waals surface area contributed by atoms with Gasteiger partial charge in [-0.05, 0) is 73.4 Å². The summed E-state index contributed by atoms with van der Waals surface area (Å²) in [6.07, 6.45) is 6.74. The Hall–Kier alpha value is -2.13. The van der Waals surface area contributed by atoms with Crippen LogP contribution in [-0.2, 0) is 23.1 Å². The van der Waals surface area contributed by atoms with Crippen LogP contribution >= 0.6 is 0 Å². The van der Waals surface area contributed by atoms with E-state index >= 15 is 0 Å². The van der Waals surface area contributed by atoms with Gasteiger partial charge in [0.1, 0.15) is 11.5 Å². The molecule has 2 aromatic rings. The molecule has 1 N–H and O–H groups in total. The van der Waals surface area contributed by atoms with Crippen LogP contribution < -0.4 is 10.1 Å². The first-order chi connectivity index (χ1) is 13.7. The molecule has 1 aliphatic heterocycles. The lowest BCUT2D eigenvalue weighted by Gasteiger charge is -2.55. The fourth-order valence-electron chi connectivity index (χ4n) is 5.93. The quantitative estimate of drug-likeness (QED) is 0.795. The van der Waals surface area contributed by atoms with Gasteiger partial charge in [-0.1, -0.05) is 36.4 Å². The average molecular weight is 376 g/mol. The first kappa shape index (κ1) is 17.9. The molecular weight excluding hydrogens is 346 g/mol. The van der Waals surface area contributed by atoms with Crippen LogP contribution in [0, 0.1) is 5.92 Å². The van der Waals surface area contributed by atoms with Gasteiger partial charge in [0.2, 0.25) is 0 Å². The summed E-state index contributed by atoms with van der Waals surface area (Å²) in [5.74, 6) is 2.01. The number of ether oxygens (including phenoxy) is 1. The third kappa shape index (κ3) is 3.16. The zero-order valence-electron chi connectivity index (χ0n) is 16.5. The molecule has 1 saturated carbocycles. The van der Waals surface area contributed by atoms with Gasteiger partial charge in [0, 0.05) is 24.3 Å². The van der Waals surface area contributed by atoms with E-state index in [1.54, 1.807) is 0 Å². The maximum absolute atomic E-state index is 12.4. The SMILES string of the molecule is O=C1CC[C@H]2[C@H]3Cc4ccc(OCCCc5ccccc5)cc4[C@@]2(CCN3)C1. The number of rotatable bonds is 5. The van der Waals surface area contributed by atoms with Gasteiger partial charge in [-0.2, -0.15) is 0 Å². The van der Waals surface area contributed by atoms with Gasteiger partial charge in [-0.3, -0.25) is 4.79 Å². The lowest BCUT2D eigenvalue weighted by atomic mass is 9.52. The van der Waals surface area contributed by atoms with Crippen LogP contribution in [0.25, 0.3) is 0 Å². The van der Waals surface area contributed by atoms with E-state index in [9.17, 15) is 4.79 Å². The molecule has 146 valence electrons. The van der Waals surface area contributed by atoms with E-state index in [0.717, 1.165) is 63.8 Å². The van der Waals surface area contributed by atoms with Crippen molar-refractivity contribution < 1.29 is 9.53 Å². The maximum atomic E-state index is 12.4. The van der Waals surface area contributed by atoms with Crippen LogP contribution in [0.15, 0.2) is 48.5 Å². The minimum absolute atomic E-state index is 0.0439. The van der Waals surface area contributed by atoms with E-state index in [1.165, 1.54) is 16.7 Å². The summed E-state index contributed by atoms with van der Waals surface area (Å²) in [5.41, 5.74) is 4.23. The number of piperidine rings is 1. The molecular formula is C25H29NO2. The van der Waals surface area contributed by atoms with Crippen molar-refractivity contribution in [1.82, 2.24) is 5.32 Å². The Morgan fingerprint density at radius 2 is 2.04 bits per heavy atom. The van der Waals surface area contributed by atoms with Crippen LogP contribution in [-0.4, -0.2) is 25.0 Å². The number of aryl methyl sites for hydroxylation is 1. The minimum atomic E-state index is 0.0439. The number of carbonyl (C=O) groups excluding carboxylic acids is 1. The second-order valence-corrected chi connectivity index (χ2v) is 8.79. The molecule has 5 rings (SSSR count). The first-order valence-electron chi connectivity index (χ1n) is 10.8. The zero-order valence-corrected chi connectivity index (χ0v) is 16.5. The molecule has 0 radical (unpaired) electrons. The van der Waals surface area contributed by atoms with E-state index in [4.69, 9.17) is 4.74 Å². The molecule has 2 aliphatic carbocycles. The van der Waals surface area contributed by atoms with Gasteiger partial charge < -0.3 is 10.1 Å². The summed E-state index contributed by atoms with van der Waals surface area (Å²) in [7, 11) is 0. The largest absolute Gasteiger partial charge is 0.494 e. The molecule has 3 nitrogen and oxygen atoms in total. The molecule has 1 heterocycles. The van der Waals surface area contributed by atoms with Crippen molar-refractivity contribution in [3.05, 3.63) is 65.2 Å². The second kappa shape index (κ2) is 7.36. The Labute approximate surface area is 167 Å². The highest BCUT2D eigenvalue weighted by Gasteiger charge is 2.53. The maximum Gasteiger partial charge on any atom is 0.133 e. The predicted molar refractivity (Wildman–Crippen MR) is 111 cm³/mol. The average Bonchev–Trinajstić information content (AvgIpc) is 2.72.